The normalized spacial score (nSPS) is 23.8. The van der Waals surface area contributed by atoms with Gasteiger partial charge in [-0.3, -0.25) is 0 Å². The predicted octanol–water partition coefficient (Wildman–Crippen LogP) is 2.17. The number of nitrogens with zero attached hydrogens (tertiary/aromatic N) is 3. The molecule has 1 aromatic rings. The van der Waals surface area contributed by atoms with E-state index in [2.05, 4.69) is 14.9 Å². The first-order chi connectivity index (χ1) is 7.90. The third-order valence-electron chi connectivity index (χ3n) is 3.68. The Hall–Kier alpha value is -0.830. The van der Waals surface area contributed by atoms with Crippen molar-refractivity contribution in [2.75, 3.05) is 17.3 Å². The van der Waals surface area contributed by atoms with Crippen LogP contribution in [0.2, 0.25) is 0 Å². The van der Waals surface area contributed by atoms with Crippen LogP contribution < -0.4 is 4.90 Å². The van der Waals surface area contributed by atoms with Gasteiger partial charge in [0.1, 0.15) is 12.1 Å². The zero-order valence-electron chi connectivity index (χ0n) is 9.32. The van der Waals surface area contributed by atoms with Gasteiger partial charge in [0.15, 0.2) is 0 Å². The number of aryl methyl sites for hydroxylation is 1. The maximum Gasteiger partial charge on any atom is 0.135 e. The number of rotatable bonds is 2. The third kappa shape index (κ3) is 1.58. The highest BCUT2D eigenvalue weighted by Gasteiger charge is 2.28. The second kappa shape index (κ2) is 4.21. The molecule has 0 bridgehead atoms. The van der Waals surface area contributed by atoms with Gasteiger partial charge in [0.05, 0.1) is 0 Å². The summed E-state index contributed by atoms with van der Waals surface area (Å²) in [6.07, 6.45) is 7.61. The number of hydrogen-bond donors (Lipinski definition) is 0. The molecular weight excluding hydrogens is 222 g/mol. The Bertz CT molecular complexity index is 394. The van der Waals surface area contributed by atoms with E-state index in [0.717, 1.165) is 25.2 Å². The predicted molar refractivity (Wildman–Crippen MR) is 65.1 cm³/mol. The SMILES string of the molecule is ClCC1CCCN1c1ncnc2c1CCC2. The van der Waals surface area contributed by atoms with Crippen LogP contribution in [0.3, 0.4) is 0 Å². The van der Waals surface area contributed by atoms with Gasteiger partial charge in [-0.05, 0) is 32.1 Å². The van der Waals surface area contributed by atoms with Crippen LogP contribution in [0.15, 0.2) is 6.33 Å². The topological polar surface area (TPSA) is 29.0 Å². The molecular formula is C12H16ClN3. The molecule has 2 heterocycles. The van der Waals surface area contributed by atoms with Crippen molar-refractivity contribution in [3.8, 4) is 0 Å². The van der Waals surface area contributed by atoms with E-state index in [1.54, 1.807) is 6.33 Å². The van der Waals surface area contributed by atoms with Crippen molar-refractivity contribution in [3.63, 3.8) is 0 Å². The zero-order chi connectivity index (χ0) is 11.0. The Kier molecular flexibility index (Phi) is 2.72. The molecule has 1 aliphatic heterocycles. The maximum absolute atomic E-state index is 6.02. The van der Waals surface area contributed by atoms with Crippen LogP contribution in [0.4, 0.5) is 5.82 Å². The average Bonchev–Trinajstić information content (AvgIpc) is 2.96. The second-order valence-electron chi connectivity index (χ2n) is 4.62. The van der Waals surface area contributed by atoms with Crippen LogP contribution in [0.25, 0.3) is 0 Å². The Morgan fingerprint density at radius 2 is 2.25 bits per heavy atom. The van der Waals surface area contributed by atoms with E-state index in [0.29, 0.717) is 11.9 Å². The molecule has 1 atom stereocenters. The minimum atomic E-state index is 0.473. The van der Waals surface area contributed by atoms with Crippen molar-refractivity contribution in [2.45, 2.75) is 38.1 Å². The van der Waals surface area contributed by atoms with Crippen molar-refractivity contribution in [1.82, 2.24) is 9.97 Å². The molecule has 0 amide bonds. The minimum absolute atomic E-state index is 0.473. The highest BCUT2D eigenvalue weighted by molar-refractivity contribution is 6.18. The molecule has 3 rings (SSSR count). The number of aromatic nitrogens is 2. The molecule has 4 heteroatoms. The monoisotopic (exact) mass is 237 g/mol. The lowest BCUT2D eigenvalue weighted by atomic mass is 10.2. The number of halogens is 1. The van der Waals surface area contributed by atoms with Gasteiger partial charge in [-0.15, -0.1) is 11.6 Å². The average molecular weight is 238 g/mol. The summed E-state index contributed by atoms with van der Waals surface area (Å²) in [5.74, 6) is 1.87. The molecule has 16 heavy (non-hydrogen) atoms. The van der Waals surface area contributed by atoms with E-state index in [9.17, 15) is 0 Å². The van der Waals surface area contributed by atoms with Crippen LogP contribution >= 0.6 is 11.6 Å². The molecule has 0 spiro atoms. The largest absolute Gasteiger partial charge is 0.352 e. The lowest BCUT2D eigenvalue weighted by molar-refractivity contribution is 0.728. The molecule has 0 aromatic carbocycles. The molecule has 0 radical (unpaired) electrons. The summed E-state index contributed by atoms with van der Waals surface area (Å²) in [5.41, 5.74) is 2.63. The molecule has 1 saturated heterocycles. The van der Waals surface area contributed by atoms with Crippen molar-refractivity contribution in [3.05, 3.63) is 17.6 Å². The van der Waals surface area contributed by atoms with Crippen molar-refractivity contribution in [1.29, 1.82) is 0 Å². The number of fused-ring (bicyclic) bond motifs is 1. The number of alkyl halides is 1. The Balaban J connectivity index is 1.97. The smallest absolute Gasteiger partial charge is 0.135 e. The number of anilines is 1. The van der Waals surface area contributed by atoms with E-state index in [-0.39, 0.29) is 0 Å². The van der Waals surface area contributed by atoms with Gasteiger partial charge in [-0.1, -0.05) is 0 Å². The fraction of sp³-hybridized carbons (Fsp3) is 0.667. The molecule has 3 nitrogen and oxygen atoms in total. The van der Waals surface area contributed by atoms with Crippen LogP contribution in [-0.2, 0) is 12.8 Å². The highest BCUT2D eigenvalue weighted by Crippen LogP contribution is 2.32. The Morgan fingerprint density at radius 3 is 3.12 bits per heavy atom. The van der Waals surface area contributed by atoms with Gasteiger partial charge < -0.3 is 4.90 Å². The first-order valence-electron chi connectivity index (χ1n) is 6.05. The van der Waals surface area contributed by atoms with Crippen molar-refractivity contribution >= 4 is 17.4 Å². The zero-order valence-corrected chi connectivity index (χ0v) is 10.1. The van der Waals surface area contributed by atoms with Gasteiger partial charge in [0.25, 0.3) is 0 Å². The van der Waals surface area contributed by atoms with E-state index in [4.69, 9.17) is 11.6 Å². The maximum atomic E-state index is 6.02. The van der Waals surface area contributed by atoms with Crippen LogP contribution in [0.1, 0.15) is 30.5 Å². The fourth-order valence-electron chi connectivity index (χ4n) is 2.86. The lowest BCUT2D eigenvalue weighted by Crippen LogP contribution is -2.32. The molecule has 2 aliphatic rings. The summed E-state index contributed by atoms with van der Waals surface area (Å²) in [7, 11) is 0. The standard InChI is InChI=1S/C12H16ClN3/c13-7-9-3-2-6-16(9)12-10-4-1-5-11(10)14-8-15-12/h8-9H,1-7H2. The van der Waals surface area contributed by atoms with E-state index >= 15 is 0 Å². The first kappa shape index (κ1) is 10.3. The molecule has 1 aromatic heterocycles. The molecule has 1 unspecified atom stereocenters. The second-order valence-corrected chi connectivity index (χ2v) is 4.93. The van der Waals surface area contributed by atoms with Gasteiger partial charge in [0, 0.05) is 29.7 Å². The molecule has 1 fully saturated rings. The van der Waals surface area contributed by atoms with E-state index in [1.165, 1.54) is 30.5 Å². The summed E-state index contributed by atoms with van der Waals surface area (Å²) in [6.45, 7) is 1.10. The molecule has 0 N–H and O–H groups in total. The van der Waals surface area contributed by atoms with Crippen LogP contribution in [-0.4, -0.2) is 28.4 Å². The van der Waals surface area contributed by atoms with E-state index in [1.807, 2.05) is 0 Å². The summed E-state index contributed by atoms with van der Waals surface area (Å²) >= 11 is 6.02. The summed E-state index contributed by atoms with van der Waals surface area (Å²) in [6, 6.07) is 0.473. The fourth-order valence-corrected chi connectivity index (χ4v) is 3.19. The van der Waals surface area contributed by atoms with E-state index < -0.39 is 0 Å². The van der Waals surface area contributed by atoms with Crippen molar-refractivity contribution in [2.24, 2.45) is 0 Å². The van der Waals surface area contributed by atoms with Gasteiger partial charge >= 0.3 is 0 Å². The third-order valence-corrected chi connectivity index (χ3v) is 4.04. The Morgan fingerprint density at radius 1 is 1.31 bits per heavy atom. The minimum Gasteiger partial charge on any atom is -0.352 e. The molecule has 0 saturated carbocycles. The molecule has 1 aliphatic carbocycles. The highest BCUT2D eigenvalue weighted by atomic mass is 35.5. The van der Waals surface area contributed by atoms with Gasteiger partial charge in [-0.25, -0.2) is 9.97 Å². The molecule has 86 valence electrons. The van der Waals surface area contributed by atoms with Crippen molar-refractivity contribution < 1.29 is 0 Å². The van der Waals surface area contributed by atoms with Gasteiger partial charge in [0.2, 0.25) is 0 Å². The van der Waals surface area contributed by atoms with Crippen LogP contribution in [0.5, 0.6) is 0 Å². The first-order valence-corrected chi connectivity index (χ1v) is 6.59. The van der Waals surface area contributed by atoms with Gasteiger partial charge in [-0.2, -0.15) is 0 Å². The summed E-state index contributed by atoms with van der Waals surface area (Å²) in [4.78, 5) is 11.2. The summed E-state index contributed by atoms with van der Waals surface area (Å²) in [5, 5.41) is 0. The van der Waals surface area contributed by atoms with Crippen LogP contribution in [0, 0.1) is 0 Å². The number of hydrogen-bond acceptors (Lipinski definition) is 3. The Labute approximate surface area is 101 Å². The summed E-state index contributed by atoms with van der Waals surface area (Å²) < 4.78 is 0. The quantitative estimate of drug-likeness (QED) is 0.739. The lowest BCUT2D eigenvalue weighted by Gasteiger charge is -2.25.